The van der Waals surface area contributed by atoms with Gasteiger partial charge in [0.15, 0.2) is 16.6 Å². The molecule has 0 aromatic heterocycles. The lowest BCUT2D eigenvalue weighted by atomic mass is 10.2. The van der Waals surface area contributed by atoms with E-state index in [9.17, 15) is 0 Å². The summed E-state index contributed by atoms with van der Waals surface area (Å²) in [6.07, 6.45) is 1.95. The first-order chi connectivity index (χ1) is 13.1. The Morgan fingerprint density at radius 3 is 2.96 bits per heavy atom. The first-order valence-corrected chi connectivity index (χ1v) is 9.00. The number of hydrogen-bond acceptors (Lipinski definition) is 5. The van der Waals surface area contributed by atoms with Gasteiger partial charge in [-0.3, -0.25) is 0 Å². The Hall–Kier alpha value is -2.82. The lowest BCUT2D eigenvalue weighted by Gasteiger charge is -2.20. The van der Waals surface area contributed by atoms with Gasteiger partial charge in [0.2, 0.25) is 6.79 Å². The SMILES string of the molecule is Cc1ccc(Cl)cc1NC(=S)N(CCC#N)/N=C/c1ccc2c(c1)OCO2. The van der Waals surface area contributed by atoms with Crippen LogP contribution in [-0.4, -0.2) is 29.7 Å². The molecule has 8 heteroatoms. The Balaban J connectivity index is 1.75. The van der Waals surface area contributed by atoms with Crippen molar-refractivity contribution in [3.63, 3.8) is 0 Å². The van der Waals surface area contributed by atoms with Crippen LogP contribution in [0.4, 0.5) is 5.69 Å². The van der Waals surface area contributed by atoms with Crippen LogP contribution in [0.25, 0.3) is 0 Å². The molecule has 1 N–H and O–H groups in total. The van der Waals surface area contributed by atoms with Crippen LogP contribution in [0.1, 0.15) is 17.5 Å². The number of nitrogens with zero attached hydrogens (tertiary/aromatic N) is 3. The molecule has 0 amide bonds. The Kier molecular flexibility index (Phi) is 6.12. The van der Waals surface area contributed by atoms with Crippen LogP contribution in [0.15, 0.2) is 41.5 Å². The average Bonchev–Trinajstić information content (AvgIpc) is 3.12. The quantitative estimate of drug-likeness (QED) is 0.458. The van der Waals surface area contributed by atoms with Gasteiger partial charge in [0.05, 0.1) is 25.2 Å². The average molecular weight is 401 g/mol. The van der Waals surface area contributed by atoms with Gasteiger partial charge in [0.25, 0.3) is 0 Å². The van der Waals surface area contributed by atoms with Crippen molar-refractivity contribution in [3.05, 3.63) is 52.5 Å². The van der Waals surface area contributed by atoms with Gasteiger partial charge in [0.1, 0.15) is 0 Å². The molecular weight excluding hydrogens is 384 g/mol. The van der Waals surface area contributed by atoms with Gasteiger partial charge in [-0.1, -0.05) is 17.7 Å². The number of nitrogens with one attached hydrogen (secondary N) is 1. The second-order valence-electron chi connectivity index (χ2n) is 5.78. The fourth-order valence-electron chi connectivity index (χ4n) is 2.41. The molecule has 0 unspecified atom stereocenters. The summed E-state index contributed by atoms with van der Waals surface area (Å²) in [5.41, 5.74) is 2.64. The smallest absolute Gasteiger partial charge is 0.231 e. The van der Waals surface area contributed by atoms with Crippen molar-refractivity contribution in [1.82, 2.24) is 5.01 Å². The fraction of sp³-hybridized carbons (Fsp3) is 0.211. The molecular formula is C19H17ClN4O2S. The van der Waals surface area contributed by atoms with Crippen molar-refractivity contribution in [2.24, 2.45) is 5.10 Å². The molecule has 0 saturated heterocycles. The maximum Gasteiger partial charge on any atom is 0.231 e. The van der Waals surface area contributed by atoms with Crippen LogP contribution in [0, 0.1) is 18.3 Å². The van der Waals surface area contributed by atoms with Crippen LogP contribution in [0.2, 0.25) is 5.02 Å². The van der Waals surface area contributed by atoms with E-state index in [0.29, 0.717) is 28.2 Å². The normalized spacial score (nSPS) is 12.0. The van der Waals surface area contributed by atoms with Gasteiger partial charge in [-0.25, -0.2) is 5.01 Å². The van der Waals surface area contributed by atoms with Crippen molar-refractivity contribution in [3.8, 4) is 17.6 Å². The van der Waals surface area contributed by atoms with E-state index < -0.39 is 0 Å². The second-order valence-corrected chi connectivity index (χ2v) is 6.60. The molecule has 138 valence electrons. The summed E-state index contributed by atoms with van der Waals surface area (Å²) in [6.45, 7) is 2.54. The van der Waals surface area contributed by atoms with E-state index >= 15 is 0 Å². The number of ether oxygens (including phenoxy) is 2. The summed E-state index contributed by atoms with van der Waals surface area (Å²) in [4.78, 5) is 0. The molecule has 2 aromatic rings. The summed E-state index contributed by atoms with van der Waals surface area (Å²) in [5.74, 6) is 1.39. The molecule has 0 atom stereocenters. The van der Waals surface area contributed by atoms with Crippen LogP contribution in [0.3, 0.4) is 0 Å². The van der Waals surface area contributed by atoms with E-state index in [2.05, 4.69) is 16.5 Å². The fourth-order valence-corrected chi connectivity index (χ4v) is 2.83. The lowest BCUT2D eigenvalue weighted by molar-refractivity contribution is 0.174. The standard InChI is InChI=1S/C19H17ClN4O2S/c1-13-3-5-15(20)10-16(13)23-19(27)24(8-2-7-21)22-11-14-4-6-17-18(9-14)26-12-25-17/h3-6,9-11H,2,8,12H2,1H3,(H,23,27)/b22-11+. The molecule has 0 bridgehead atoms. The third-order valence-corrected chi connectivity index (χ3v) is 4.40. The largest absolute Gasteiger partial charge is 0.454 e. The third-order valence-electron chi connectivity index (χ3n) is 3.85. The minimum absolute atomic E-state index is 0.219. The van der Waals surface area contributed by atoms with Crippen molar-refractivity contribution >= 4 is 40.8 Å². The van der Waals surface area contributed by atoms with E-state index in [1.54, 1.807) is 17.3 Å². The number of aryl methyl sites for hydroxylation is 1. The first kappa shape index (κ1) is 19.0. The number of hydrogen-bond donors (Lipinski definition) is 1. The van der Waals surface area contributed by atoms with Crippen molar-refractivity contribution in [1.29, 1.82) is 5.26 Å². The van der Waals surface area contributed by atoms with E-state index in [0.717, 1.165) is 16.8 Å². The monoisotopic (exact) mass is 400 g/mol. The third kappa shape index (κ3) is 4.88. The highest BCUT2D eigenvalue weighted by Gasteiger charge is 2.13. The molecule has 0 fully saturated rings. The number of anilines is 1. The van der Waals surface area contributed by atoms with Gasteiger partial charge in [0, 0.05) is 10.7 Å². The molecule has 2 aromatic carbocycles. The number of nitriles is 1. The molecule has 3 rings (SSSR count). The second kappa shape index (κ2) is 8.71. The highest BCUT2D eigenvalue weighted by Crippen LogP contribution is 2.32. The molecule has 0 aliphatic carbocycles. The van der Waals surface area contributed by atoms with Crippen molar-refractivity contribution in [2.45, 2.75) is 13.3 Å². The summed E-state index contributed by atoms with van der Waals surface area (Å²) < 4.78 is 10.7. The van der Waals surface area contributed by atoms with Crippen LogP contribution in [0.5, 0.6) is 11.5 Å². The van der Waals surface area contributed by atoms with Crippen LogP contribution >= 0.6 is 23.8 Å². The van der Waals surface area contributed by atoms with Gasteiger partial charge in [-0.05, 0) is 60.6 Å². The van der Waals surface area contributed by atoms with E-state index in [4.69, 9.17) is 38.6 Å². The molecule has 6 nitrogen and oxygen atoms in total. The Labute approximate surface area is 167 Å². The number of rotatable bonds is 5. The van der Waals surface area contributed by atoms with Gasteiger partial charge in [-0.15, -0.1) is 0 Å². The zero-order valence-corrected chi connectivity index (χ0v) is 16.2. The Morgan fingerprint density at radius 2 is 2.15 bits per heavy atom. The molecule has 1 aliphatic heterocycles. The zero-order valence-electron chi connectivity index (χ0n) is 14.6. The highest BCUT2D eigenvalue weighted by molar-refractivity contribution is 7.80. The zero-order chi connectivity index (χ0) is 19.2. The predicted molar refractivity (Wildman–Crippen MR) is 110 cm³/mol. The maximum absolute atomic E-state index is 8.92. The molecule has 27 heavy (non-hydrogen) atoms. The van der Waals surface area contributed by atoms with E-state index in [1.165, 1.54) is 0 Å². The highest BCUT2D eigenvalue weighted by atomic mass is 35.5. The first-order valence-electron chi connectivity index (χ1n) is 8.22. The van der Waals surface area contributed by atoms with Gasteiger partial charge in [-0.2, -0.15) is 10.4 Å². The minimum atomic E-state index is 0.219. The van der Waals surface area contributed by atoms with Gasteiger partial charge < -0.3 is 14.8 Å². The maximum atomic E-state index is 8.92. The number of benzene rings is 2. The Bertz CT molecular complexity index is 926. The summed E-state index contributed by atoms with van der Waals surface area (Å²) in [6, 6.07) is 13.2. The summed E-state index contributed by atoms with van der Waals surface area (Å²) in [7, 11) is 0. The number of thiocarbonyl (C=S) groups is 1. The lowest BCUT2D eigenvalue weighted by Crippen LogP contribution is -2.31. The van der Waals surface area contributed by atoms with Crippen molar-refractivity contribution < 1.29 is 9.47 Å². The van der Waals surface area contributed by atoms with Crippen molar-refractivity contribution in [2.75, 3.05) is 18.7 Å². The predicted octanol–water partition coefficient (Wildman–Crippen LogP) is 4.32. The summed E-state index contributed by atoms with van der Waals surface area (Å²) in [5, 5.41) is 19.1. The van der Waals surface area contributed by atoms with Crippen LogP contribution in [-0.2, 0) is 0 Å². The van der Waals surface area contributed by atoms with Crippen LogP contribution < -0.4 is 14.8 Å². The Morgan fingerprint density at radius 1 is 1.33 bits per heavy atom. The molecule has 0 saturated carbocycles. The topological polar surface area (TPSA) is 69.9 Å². The number of fused-ring (bicyclic) bond motifs is 1. The van der Waals surface area contributed by atoms with Gasteiger partial charge >= 0.3 is 0 Å². The molecule has 1 aliphatic rings. The van der Waals surface area contributed by atoms with E-state index in [1.807, 2.05) is 37.3 Å². The number of hydrazone groups is 1. The minimum Gasteiger partial charge on any atom is -0.454 e. The van der Waals surface area contributed by atoms with E-state index in [-0.39, 0.29) is 13.2 Å². The summed E-state index contributed by atoms with van der Waals surface area (Å²) >= 11 is 11.5. The molecule has 0 radical (unpaired) electrons. The number of halogens is 1. The molecule has 1 heterocycles. The molecule has 0 spiro atoms.